The van der Waals surface area contributed by atoms with Gasteiger partial charge in [0.15, 0.2) is 12.3 Å². The van der Waals surface area contributed by atoms with Crippen LogP contribution >= 0.6 is 11.3 Å². The minimum atomic E-state index is -0.748. The van der Waals surface area contributed by atoms with Crippen molar-refractivity contribution in [3.8, 4) is 0 Å². The monoisotopic (exact) mass is 467 g/mol. The van der Waals surface area contributed by atoms with Crippen molar-refractivity contribution >= 4 is 45.2 Å². The Morgan fingerprint density at radius 3 is 2.70 bits per heavy atom. The average Bonchev–Trinajstić information content (AvgIpc) is 3.13. The molecule has 2 aromatic heterocycles. The zero-order chi connectivity index (χ0) is 23.5. The van der Waals surface area contributed by atoms with Crippen molar-refractivity contribution in [2.45, 2.75) is 46.1 Å². The lowest BCUT2D eigenvalue weighted by molar-refractivity contribution is -0.119. The number of benzene rings is 1. The van der Waals surface area contributed by atoms with Gasteiger partial charge in [-0.15, -0.1) is 11.3 Å². The largest absolute Gasteiger partial charge is 0.459 e. The molecular formula is C24H25N3O5S. The molecule has 0 saturated carbocycles. The molecule has 1 amide bonds. The number of nitrogens with zero attached hydrogens (tertiary/aromatic N) is 2. The first-order chi connectivity index (χ1) is 15.8. The highest BCUT2D eigenvalue weighted by molar-refractivity contribution is 7.17. The molecule has 2 heterocycles. The number of para-hydroxylation sites is 2. The van der Waals surface area contributed by atoms with E-state index in [1.54, 1.807) is 32.0 Å². The summed E-state index contributed by atoms with van der Waals surface area (Å²) in [6, 6.07) is 7.15. The van der Waals surface area contributed by atoms with E-state index in [-0.39, 0.29) is 11.8 Å². The summed E-state index contributed by atoms with van der Waals surface area (Å²) in [6.45, 7) is 5.23. The maximum atomic E-state index is 12.8. The third-order valence-electron chi connectivity index (χ3n) is 5.30. The number of ether oxygens (including phenoxy) is 2. The number of fused-ring (bicyclic) bond motifs is 2. The number of carbonyl (C=O) groups is 3. The molecule has 1 atom stereocenters. The molecule has 0 spiro atoms. The molecule has 172 valence electrons. The summed E-state index contributed by atoms with van der Waals surface area (Å²) >= 11 is 1.39. The first kappa shape index (κ1) is 22.8. The van der Waals surface area contributed by atoms with Gasteiger partial charge < -0.3 is 14.8 Å². The Hall–Kier alpha value is -3.33. The van der Waals surface area contributed by atoms with Gasteiger partial charge >= 0.3 is 11.9 Å². The number of hydrogen-bond donors (Lipinski definition) is 1. The van der Waals surface area contributed by atoms with Gasteiger partial charge in [-0.3, -0.25) is 9.78 Å². The minimum Gasteiger partial charge on any atom is -0.459 e. The minimum absolute atomic E-state index is 0.0169. The summed E-state index contributed by atoms with van der Waals surface area (Å²) in [6.07, 6.45) is 3.64. The number of hydrogen-bond acceptors (Lipinski definition) is 8. The number of carbonyl (C=O) groups excluding carboxylic acids is 3. The van der Waals surface area contributed by atoms with Crippen LogP contribution in [0.15, 0.2) is 30.5 Å². The normalized spacial score (nSPS) is 15.2. The molecule has 1 aliphatic carbocycles. The van der Waals surface area contributed by atoms with Gasteiger partial charge in [0.25, 0.3) is 5.91 Å². The van der Waals surface area contributed by atoms with Crippen LogP contribution in [-0.4, -0.2) is 40.5 Å². The second-order valence-electron chi connectivity index (χ2n) is 8.38. The van der Waals surface area contributed by atoms with Crippen molar-refractivity contribution in [2.75, 3.05) is 11.9 Å². The van der Waals surface area contributed by atoms with Gasteiger partial charge in [0.2, 0.25) is 0 Å². The Morgan fingerprint density at radius 2 is 1.94 bits per heavy atom. The Kier molecular flexibility index (Phi) is 6.69. The number of nitrogens with one attached hydrogen (secondary N) is 1. The summed E-state index contributed by atoms with van der Waals surface area (Å²) in [5.74, 6) is -1.22. The van der Waals surface area contributed by atoms with Gasteiger partial charge in [-0.2, -0.15) is 0 Å². The van der Waals surface area contributed by atoms with Crippen LogP contribution in [0.25, 0.3) is 11.0 Å². The first-order valence-electron chi connectivity index (χ1n) is 10.9. The van der Waals surface area contributed by atoms with Crippen LogP contribution in [0, 0.1) is 5.92 Å². The van der Waals surface area contributed by atoms with Gasteiger partial charge in [-0.1, -0.05) is 19.1 Å². The van der Waals surface area contributed by atoms with Gasteiger partial charge in [0.1, 0.15) is 5.00 Å². The quantitative estimate of drug-likeness (QED) is 0.542. The number of thiophene rings is 1. The van der Waals surface area contributed by atoms with Crippen molar-refractivity contribution in [3.05, 3.63) is 52.2 Å². The average molecular weight is 468 g/mol. The van der Waals surface area contributed by atoms with Crippen molar-refractivity contribution in [1.29, 1.82) is 0 Å². The fourth-order valence-electron chi connectivity index (χ4n) is 3.75. The van der Waals surface area contributed by atoms with Crippen LogP contribution in [0.5, 0.6) is 0 Å². The summed E-state index contributed by atoms with van der Waals surface area (Å²) in [7, 11) is 0. The van der Waals surface area contributed by atoms with E-state index in [4.69, 9.17) is 9.47 Å². The summed E-state index contributed by atoms with van der Waals surface area (Å²) < 4.78 is 10.5. The lowest BCUT2D eigenvalue weighted by Crippen LogP contribution is -2.23. The zero-order valence-corrected chi connectivity index (χ0v) is 19.5. The third kappa shape index (κ3) is 5.19. The van der Waals surface area contributed by atoms with E-state index >= 15 is 0 Å². The van der Waals surface area contributed by atoms with E-state index in [0.29, 0.717) is 27.5 Å². The molecule has 1 unspecified atom stereocenters. The molecule has 3 aromatic rings. The number of aromatic nitrogens is 2. The molecule has 1 aliphatic rings. The van der Waals surface area contributed by atoms with Crippen LogP contribution in [0.4, 0.5) is 5.00 Å². The predicted octanol–water partition coefficient (Wildman–Crippen LogP) is 4.18. The Morgan fingerprint density at radius 1 is 1.18 bits per heavy atom. The molecule has 9 heteroatoms. The van der Waals surface area contributed by atoms with E-state index in [0.717, 1.165) is 29.7 Å². The Bertz CT molecular complexity index is 1220. The van der Waals surface area contributed by atoms with Crippen molar-refractivity contribution in [3.63, 3.8) is 0 Å². The topological polar surface area (TPSA) is 107 Å². The number of esters is 2. The van der Waals surface area contributed by atoms with Crippen molar-refractivity contribution in [1.82, 2.24) is 9.97 Å². The number of rotatable bonds is 6. The molecule has 1 N–H and O–H groups in total. The highest BCUT2D eigenvalue weighted by atomic mass is 32.1. The van der Waals surface area contributed by atoms with Crippen molar-refractivity contribution in [2.24, 2.45) is 5.92 Å². The fourth-order valence-corrected chi connectivity index (χ4v) is 5.17. The summed E-state index contributed by atoms with van der Waals surface area (Å²) in [4.78, 5) is 47.2. The maximum absolute atomic E-state index is 12.8. The second kappa shape index (κ2) is 9.66. The van der Waals surface area contributed by atoms with Gasteiger partial charge in [0.05, 0.1) is 28.9 Å². The summed E-state index contributed by atoms with van der Waals surface area (Å²) in [5.41, 5.74) is 2.59. The maximum Gasteiger partial charge on any atom is 0.359 e. The van der Waals surface area contributed by atoms with Crippen LogP contribution in [0.2, 0.25) is 0 Å². The van der Waals surface area contributed by atoms with Gasteiger partial charge in [-0.05, 0) is 56.7 Å². The molecule has 1 aromatic carbocycles. The van der Waals surface area contributed by atoms with E-state index in [1.165, 1.54) is 17.5 Å². The van der Waals surface area contributed by atoms with Crippen LogP contribution in [0.1, 0.15) is 58.5 Å². The fraction of sp³-hybridized carbons (Fsp3) is 0.375. The molecule has 0 aliphatic heterocycles. The highest BCUT2D eigenvalue weighted by Gasteiger charge is 2.29. The molecule has 0 fully saturated rings. The Balaban J connectivity index is 1.46. The lowest BCUT2D eigenvalue weighted by Gasteiger charge is -2.18. The molecule has 4 rings (SSSR count). The number of anilines is 1. The van der Waals surface area contributed by atoms with Gasteiger partial charge in [0, 0.05) is 4.88 Å². The van der Waals surface area contributed by atoms with E-state index in [9.17, 15) is 14.4 Å². The first-order valence-corrected chi connectivity index (χ1v) is 11.7. The number of amides is 1. The molecule has 0 radical (unpaired) electrons. The Labute approximate surface area is 195 Å². The lowest BCUT2D eigenvalue weighted by atomic mass is 9.88. The molecule has 8 nitrogen and oxygen atoms in total. The zero-order valence-electron chi connectivity index (χ0n) is 18.7. The molecular weight excluding hydrogens is 442 g/mol. The third-order valence-corrected chi connectivity index (χ3v) is 6.47. The SMILES string of the molecule is CC1CCc2c(sc(NC(=O)COC(=O)c3cnc4ccccc4n3)c2C(=O)OC(C)C)C1. The second-order valence-corrected chi connectivity index (χ2v) is 9.48. The van der Waals surface area contributed by atoms with Crippen molar-refractivity contribution < 1.29 is 23.9 Å². The van der Waals surface area contributed by atoms with Crippen LogP contribution in [-0.2, 0) is 27.1 Å². The summed E-state index contributed by atoms with van der Waals surface area (Å²) in [5, 5.41) is 3.18. The van der Waals surface area contributed by atoms with E-state index in [2.05, 4.69) is 22.2 Å². The predicted molar refractivity (Wildman–Crippen MR) is 125 cm³/mol. The van der Waals surface area contributed by atoms with E-state index < -0.39 is 24.5 Å². The molecule has 0 bridgehead atoms. The van der Waals surface area contributed by atoms with Crippen LogP contribution < -0.4 is 5.32 Å². The van der Waals surface area contributed by atoms with E-state index in [1.807, 2.05) is 6.07 Å². The van der Waals surface area contributed by atoms with Gasteiger partial charge in [-0.25, -0.2) is 14.6 Å². The molecule has 0 saturated heterocycles. The standard InChI is InChI=1S/C24H25N3O5S/c1-13(2)32-24(30)21-15-9-8-14(3)10-19(15)33-22(21)27-20(28)12-31-23(29)18-11-25-16-6-4-5-7-17(16)26-18/h4-7,11,13-14H,8-10,12H2,1-3H3,(H,27,28). The molecule has 33 heavy (non-hydrogen) atoms. The van der Waals surface area contributed by atoms with Crippen LogP contribution in [0.3, 0.4) is 0 Å². The highest BCUT2D eigenvalue weighted by Crippen LogP contribution is 2.40. The smallest absolute Gasteiger partial charge is 0.359 e.